The normalized spacial score (nSPS) is 10.8. The summed E-state index contributed by atoms with van der Waals surface area (Å²) in [5.74, 6) is 0.712. The van der Waals surface area contributed by atoms with E-state index in [0.717, 1.165) is 11.4 Å². The summed E-state index contributed by atoms with van der Waals surface area (Å²) in [6, 6.07) is 8.20. The van der Waals surface area contributed by atoms with Gasteiger partial charge >= 0.3 is 0 Å². The number of phenols is 1. The number of anilines is 1. The van der Waals surface area contributed by atoms with Crippen LogP contribution < -0.4 is 5.32 Å². The van der Waals surface area contributed by atoms with Crippen LogP contribution >= 0.6 is 0 Å². The Hall–Kier alpha value is -2.89. The van der Waals surface area contributed by atoms with Crippen LogP contribution in [0.3, 0.4) is 0 Å². The Bertz CT molecular complexity index is 839. The van der Waals surface area contributed by atoms with Crippen molar-refractivity contribution >= 4 is 17.2 Å². The number of aryl methyl sites for hydroxylation is 2. The zero-order valence-corrected chi connectivity index (χ0v) is 11.7. The largest absolute Gasteiger partial charge is 0.508 e. The molecule has 0 radical (unpaired) electrons. The van der Waals surface area contributed by atoms with E-state index in [1.165, 1.54) is 6.07 Å². The average Bonchev–Trinajstić information content (AvgIpc) is 2.83. The Balaban J connectivity index is 1.89. The van der Waals surface area contributed by atoms with E-state index in [0.29, 0.717) is 16.9 Å². The first kappa shape index (κ1) is 13.1. The van der Waals surface area contributed by atoms with E-state index in [9.17, 15) is 9.90 Å². The van der Waals surface area contributed by atoms with Crippen LogP contribution in [0.2, 0.25) is 0 Å². The van der Waals surface area contributed by atoms with Gasteiger partial charge in [-0.3, -0.25) is 9.20 Å². The predicted octanol–water partition coefficient (Wildman–Crippen LogP) is 2.30. The number of nitrogens with zero attached hydrogens (tertiary/aromatic N) is 3. The summed E-state index contributed by atoms with van der Waals surface area (Å²) < 4.78 is 1.81. The van der Waals surface area contributed by atoms with Gasteiger partial charge in [-0.2, -0.15) is 0 Å². The minimum Gasteiger partial charge on any atom is -0.508 e. The van der Waals surface area contributed by atoms with Crippen molar-refractivity contribution in [3.8, 4) is 5.75 Å². The highest BCUT2D eigenvalue weighted by Crippen LogP contribution is 2.21. The quantitative estimate of drug-likeness (QED) is 0.707. The van der Waals surface area contributed by atoms with Crippen LogP contribution in [-0.4, -0.2) is 25.6 Å². The second-order valence-corrected chi connectivity index (χ2v) is 4.84. The monoisotopic (exact) mass is 282 g/mol. The summed E-state index contributed by atoms with van der Waals surface area (Å²) in [5, 5.41) is 20.2. The lowest BCUT2D eigenvalue weighted by Gasteiger charge is -2.09. The van der Waals surface area contributed by atoms with E-state index in [4.69, 9.17) is 0 Å². The van der Waals surface area contributed by atoms with Crippen molar-refractivity contribution in [2.24, 2.45) is 0 Å². The van der Waals surface area contributed by atoms with Gasteiger partial charge in [-0.1, -0.05) is 0 Å². The van der Waals surface area contributed by atoms with Gasteiger partial charge in [0.25, 0.3) is 5.91 Å². The Morgan fingerprint density at radius 3 is 2.76 bits per heavy atom. The van der Waals surface area contributed by atoms with E-state index < -0.39 is 0 Å². The Kier molecular flexibility index (Phi) is 3.06. The number of pyridine rings is 1. The van der Waals surface area contributed by atoms with E-state index in [2.05, 4.69) is 15.5 Å². The molecule has 3 rings (SSSR count). The number of fused-ring (bicyclic) bond motifs is 1. The van der Waals surface area contributed by atoms with E-state index in [1.54, 1.807) is 30.5 Å². The maximum absolute atomic E-state index is 12.3. The molecule has 0 atom stereocenters. The highest BCUT2D eigenvalue weighted by Gasteiger charge is 2.10. The number of amides is 1. The third-order valence-corrected chi connectivity index (χ3v) is 3.30. The summed E-state index contributed by atoms with van der Waals surface area (Å²) in [5.41, 5.74) is 2.59. The van der Waals surface area contributed by atoms with Crippen LogP contribution in [0.25, 0.3) is 5.65 Å². The lowest BCUT2D eigenvalue weighted by Crippen LogP contribution is -2.13. The van der Waals surface area contributed by atoms with Gasteiger partial charge in [0.2, 0.25) is 0 Å². The van der Waals surface area contributed by atoms with Crippen molar-refractivity contribution < 1.29 is 9.90 Å². The van der Waals surface area contributed by atoms with Gasteiger partial charge < -0.3 is 10.4 Å². The van der Waals surface area contributed by atoms with Gasteiger partial charge in [-0.05, 0) is 49.7 Å². The van der Waals surface area contributed by atoms with Gasteiger partial charge in [-0.25, -0.2) is 0 Å². The third kappa shape index (κ3) is 2.43. The number of aromatic nitrogens is 3. The summed E-state index contributed by atoms with van der Waals surface area (Å²) in [6.07, 6.45) is 1.77. The molecule has 1 aromatic carbocycles. The molecule has 3 aromatic rings. The Morgan fingerprint density at radius 2 is 2.00 bits per heavy atom. The Morgan fingerprint density at radius 1 is 1.19 bits per heavy atom. The summed E-state index contributed by atoms with van der Waals surface area (Å²) in [7, 11) is 0. The molecule has 0 unspecified atom stereocenters. The molecule has 0 fully saturated rings. The van der Waals surface area contributed by atoms with Crippen molar-refractivity contribution in [1.82, 2.24) is 14.6 Å². The Labute approximate surface area is 121 Å². The molecule has 0 bridgehead atoms. The fourth-order valence-electron chi connectivity index (χ4n) is 2.13. The first-order chi connectivity index (χ1) is 10.0. The number of phenolic OH excluding ortho intramolecular Hbond substituents is 1. The van der Waals surface area contributed by atoms with Crippen LogP contribution in [-0.2, 0) is 0 Å². The molecule has 0 aliphatic carbocycles. The minimum atomic E-state index is -0.230. The SMILES string of the molecule is Cc1cc(O)ccc1NC(=O)c1ccn2c(C)nnc2c1. The van der Waals surface area contributed by atoms with Crippen molar-refractivity contribution in [2.45, 2.75) is 13.8 Å². The van der Waals surface area contributed by atoms with E-state index in [1.807, 2.05) is 18.2 Å². The molecule has 0 aliphatic heterocycles. The van der Waals surface area contributed by atoms with Crippen LogP contribution in [0.5, 0.6) is 5.75 Å². The molecule has 2 heterocycles. The van der Waals surface area contributed by atoms with Gasteiger partial charge in [-0.15, -0.1) is 10.2 Å². The molecular weight excluding hydrogens is 268 g/mol. The minimum absolute atomic E-state index is 0.172. The number of carbonyl (C=O) groups excluding carboxylic acids is 1. The smallest absolute Gasteiger partial charge is 0.255 e. The van der Waals surface area contributed by atoms with Crippen LogP contribution in [0.4, 0.5) is 5.69 Å². The fourth-order valence-corrected chi connectivity index (χ4v) is 2.13. The molecule has 2 N–H and O–H groups in total. The van der Waals surface area contributed by atoms with Crippen molar-refractivity contribution in [3.63, 3.8) is 0 Å². The molecule has 2 aromatic heterocycles. The fraction of sp³-hybridized carbons (Fsp3) is 0.133. The highest BCUT2D eigenvalue weighted by molar-refractivity contribution is 6.05. The average molecular weight is 282 g/mol. The van der Waals surface area contributed by atoms with E-state index in [-0.39, 0.29) is 11.7 Å². The highest BCUT2D eigenvalue weighted by atomic mass is 16.3. The molecule has 106 valence electrons. The van der Waals surface area contributed by atoms with Crippen LogP contribution in [0.15, 0.2) is 36.5 Å². The topological polar surface area (TPSA) is 79.5 Å². The van der Waals surface area contributed by atoms with Crippen molar-refractivity contribution in [1.29, 1.82) is 0 Å². The summed E-state index contributed by atoms with van der Waals surface area (Å²) in [4.78, 5) is 12.3. The lowest BCUT2D eigenvalue weighted by atomic mass is 10.1. The zero-order valence-electron chi connectivity index (χ0n) is 11.7. The number of rotatable bonds is 2. The van der Waals surface area contributed by atoms with E-state index >= 15 is 0 Å². The zero-order chi connectivity index (χ0) is 15.0. The standard InChI is InChI=1S/C15H14N4O2/c1-9-7-12(20)3-4-13(9)16-15(21)11-5-6-19-10(2)17-18-14(19)8-11/h3-8,20H,1-2H3,(H,16,21). The second kappa shape index (κ2) is 4.90. The first-order valence-corrected chi connectivity index (χ1v) is 6.47. The number of aromatic hydroxyl groups is 1. The van der Waals surface area contributed by atoms with Gasteiger partial charge in [0.15, 0.2) is 5.65 Å². The summed E-state index contributed by atoms with van der Waals surface area (Å²) >= 11 is 0. The predicted molar refractivity (Wildman–Crippen MR) is 78.5 cm³/mol. The summed E-state index contributed by atoms with van der Waals surface area (Å²) in [6.45, 7) is 3.67. The maximum atomic E-state index is 12.3. The van der Waals surface area contributed by atoms with Crippen molar-refractivity contribution in [3.05, 3.63) is 53.5 Å². The molecule has 21 heavy (non-hydrogen) atoms. The molecule has 0 saturated carbocycles. The number of hydrogen-bond donors (Lipinski definition) is 2. The van der Waals surface area contributed by atoms with Gasteiger partial charge in [0.05, 0.1) is 0 Å². The molecule has 0 spiro atoms. The van der Waals surface area contributed by atoms with Gasteiger partial charge in [0, 0.05) is 17.4 Å². The molecule has 0 aliphatic rings. The maximum Gasteiger partial charge on any atom is 0.255 e. The lowest BCUT2D eigenvalue weighted by molar-refractivity contribution is 0.102. The van der Waals surface area contributed by atoms with Crippen molar-refractivity contribution in [2.75, 3.05) is 5.32 Å². The molecule has 6 nitrogen and oxygen atoms in total. The van der Waals surface area contributed by atoms with Crippen LogP contribution in [0.1, 0.15) is 21.7 Å². The second-order valence-electron chi connectivity index (χ2n) is 4.84. The molecule has 1 amide bonds. The molecule has 6 heteroatoms. The molecular formula is C15H14N4O2. The first-order valence-electron chi connectivity index (χ1n) is 6.47. The number of carbonyl (C=O) groups is 1. The van der Waals surface area contributed by atoms with Crippen LogP contribution in [0, 0.1) is 13.8 Å². The number of hydrogen-bond acceptors (Lipinski definition) is 4. The third-order valence-electron chi connectivity index (χ3n) is 3.30. The molecule has 0 saturated heterocycles. The number of benzene rings is 1. The number of nitrogens with one attached hydrogen (secondary N) is 1. The van der Waals surface area contributed by atoms with Gasteiger partial charge in [0.1, 0.15) is 11.6 Å².